The van der Waals surface area contributed by atoms with Crippen molar-refractivity contribution < 1.29 is 22.8 Å². The first kappa shape index (κ1) is 20.8. The first-order chi connectivity index (χ1) is 13.1. The molecule has 3 rings (SSSR count). The smallest absolute Gasteiger partial charge is 0.325 e. The highest BCUT2D eigenvalue weighted by Gasteiger charge is 2.50. The second-order valence-electron chi connectivity index (χ2n) is 7.16. The molecule has 152 valence electrons. The monoisotopic (exact) mass is 471 g/mol. The van der Waals surface area contributed by atoms with Crippen molar-refractivity contribution in [3.63, 3.8) is 0 Å². The third-order valence-corrected chi connectivity index (χ3v) is 7.73. The molecule has 28 heavy (non-hydrogen) atoms. The molecule has 4 amide bonds. The van der Waals surface area contributed by atoms with Crippen molar-refractivity contribution in [2.75, 3.05) is 24.6 Å². The zero-order valence-corrected chi connectivity index (χ0v) is 18.0. The molecular formula is C18H22BrN3O5S. The number of rotatable bonds is 5. The van der Waals surface area contributed by atoms with Gasteiger partial charge in [-0.2, -0.15) is 0 Å². The van der Waals surface area contributed by atoms with Gasteiger partial charge < -0.3 is 10.2 Å². The fraction of sp³-hybridized carbons (Fsp3) is 0.500. The molecule has 2 heterocycles. The molecule has 2 fully saturated rings. The van der Waals surface area contributed by atoms with Gasteiger partial charge in [-0.25, -0.2) is 13.2 Å². The number of benzene rings is 1. The number of hydrogen-bond acceptors (Lipinski definition) is 5. The average Bonchev–Trinajstić information content (AvgIpc) is 3.08. The van der Waals surface area contributed by atoms with Crippen LogP contribution in [0, 0.1) is 0 Å². The fourth-order valence-electron chi connectivity index (χ4n) is 3.78. The van der Waals surface area contributed by atoms with Crippen molar-refractivity contribution in [3.8, 4) is 0 Å². The van der Waals surface area contributed by atoms with E-state index in [4.69, 9.17) is 0 Å². The van der Waals surface area contributed by atoms with Crippen molar-refractivity contribution >= 4 is 43.6 Å². The Kier molecular flexibility index (Phi) is 5.55. The lowest BCUT2D eigenvalue weighted by Crippen LogP contribution is -2.48. The lowest BCUT2D eigenvalue weighted by Gasteiger charge is -2.28. The van der Waals surface area contributed by atoms with Gasteiger partial charge in [-0.05, 0) is 26.3 Å². The van der Waals surface area contributed by atoms with E-state index in [0.717, 1.165) is 4.90 Å². The van der Waals surface area contributed by atoms with Crippen LogP contribution in [0.5, 0.6) is 0 Å². The summed E-state index contributed by atoms with van der Waals surface area (Å²) in [6, 6.07) is 6.00. The second-order valence-corrected chi connectivity index (χ2v) is 10.2. The zero-order valence-electron chi connectivity index (χ0n) is 15.6. The minimum atomic E-state index is -3.15. The molecule has 0 radical (unpaired) electrons. The number of carbonyl (C=O) groups is 3. The number of halogens is 1. The zero-order chi connectivity index (χ0) is 20.7. The van der Waals surface area contributed by atoms with Crippen molar-refractivity contribution in [2.24, 2.45) is 0 Å². The van der Waals surface area contributed by atoms with Gasteiger partial charge >= 0.3 is 6.03 Å². The predicted octanol–water partition coefficient (Wildman–Crippen LogP) is 1.25. The van der Waals surface area contributed by atoms with Crippen molar-refractivity contribution in [3.05, 3.63) is 34.3 Å². The number of nitrogens with zero attached hydrogens (tertiary/aromatic N) is 2. The number of amides is 4. The number of likely N-dealkylation sites (N-methyl/N-ethyl adjacent to an activating group) is 1. The van der Waals surface area contributed by atoms with Gasteiger partial charge in [-0.15, -0.1) is 0 Å². The van der Waals surface area contributed by atoms with Crippen LogP contribution in [0.2, 0.25) is 0 Å². The van der Waals surface area contributed by atoms with Crippen LogP contribution < -0.4 is 5.32 Å². The van der Waals surface area contributed by atoms with E-state index in [9.17, 15) is 22.8 Å². The van der Waals surface area contributed by atoms with E-state index >= 15 is 0 Å². The van der Waals surface area contributed by atoms with E-state index in [1.807, 2.05) is 0 Å². The summed E-state index contributed by atoms with van der Waals surface area (Å²) in [5, 5.41) is 2.67. The van der Waals surface area contributed by atoms with E-state index in [1.165, 1.54) is 4.90 Å². The number of imide groups is 1. The molecule has 2 saturated heterocycles. The molecule has 0 aliphatic carbocycles. The molecule has 1 aromatic rings. The second kappa shape index (κ2) is 7.47. The van der Waals surface area contributed by atoms with Gasteiger partial charge in [0.2, 0.25) is 5.91 Å². The quantitative estimate of drug-likeness (QED) is 0.650. The first-order valence-corrected chi connectivity index (χ1v) is 11.6. The molecule has 0 unspecified atom stereocenters. The Labute approximate surface area is 172 Å². The third kappa shape index (κ3) is 3.67. The maximum atomic E-state index is 13.0. The van der Waals surface area contributed by atoms with Gasteiger partial charge in [0.05, 0.1) is 11.5 Å². The highest BCUT2D eigenvalue weighted by Crippen LogP contribution is 2.33. The lowest BCUT2D eigenvalue weighted by molar-refractivity contribution is -0.139. The summed E-state index contributed by atoms with van der Waals surface area (Å²) >= 11 is 3.40. The van der Waals surface area contributed by atoms with Gasteiger partial charge in [-0.1, -0.05) is 34.1 Å². The van der Waals surface area contributed by atoms with Crippen LogP contribution >= 0.6 is 15.9 Å². The normalized spacial score (nSPS) is 26.4. The van der Waals surface area contributed by atoms with Crippen LogP contribution in [0.4, 0.5) is 4.79 Å². The highest BCUT2D eigenvalue weighted by molar-refractivity contribution is 9.10. The van der Waals surface area contributed by atoms with Crippen molar-refractivity contribution in [1.29, 1.82) is 0 Å². The number of hydrogen-bond donors (Lipinski definition) is 1. The highest BCUT2D eigenvalue weighted by atomic mass is 79.9. The van der Waals surface area contributed by atoms with Crippen LogP contribution in [0.25, 0.3) is 0 Å². The molecule has 2 aliphatic rings. The number of sulfone groups is 1. The van der Waals surface area contributed by atoms with Gasteiger partial charge in [0.25, 0.3) is 5.91 Å². The van der Waals surface area contributed by atoms with Crippen LogP contribution in [-0.4, -0.2) is 66.7 Å². The summed E-state index contributed by atoms with van der Waals surface area (Å²) < 4.78 is 24.1. The molecule has 1 N–H and O–H groups in total. The third-order valence-electron chi connectivity index (χ3n) is 5.29. The summed E-state index contributed by atoms with van der Waals surface area (Å²) in [6.45, 7) is 3.23. The first-order valence-electron chi connectivity index (χ1n) is 8.98. The van der Waals surface area contributed by atoms with E-state index in [1.54, 1.807) is 38.1 Å². The maximum absolute atomic E-state index is 13.0. The van der Waals surface area contributed by atoms with Crippen LogP contribution in [0.1, 0.15) is 25.8 Å². The van der Waals surface area contributed by atoms with E-state index in [0.29, 0.717) is 23.0 Å². The minimum absolute atomic E-state index is 0.0463. The van der Waals surface area contributed by atoms with Crippen LogP contribution in [-0.2, 0) is 25.0 Å². The molecule has 2 aliphatic heterocycles. The van der Waals surface area contributed by atoms with Crippen LogP contribution in [0.15, 0.2) is 28.7 Å². The van der Waals surface area contributed by atoms with Gasteiger partial charge in [0.1, 0.15) is 12.1 Å². The fourth-order valence-corrected chi connectivity index (χ4v) is 6.19. The summed E-state index contributed by atoms with van der Waals surface area (Å²) in [5.74, 6) is -0.996. The molecule has 0 bridgehead atoms. The Morgan fingerprint density at radius 3 is 2.61 bits per heavy atom. The summed E-state index contributed by atoms with van der Waals surface area (Å²) in [4.78, 5) is 40.6. The number of nitrogens with one attached hydrogen (secondary N) is 1. The SMILES string of the molecule is CCN(C(=O)CN1C(=O)N[C@@](C)(c2ccccc2Br)C1=O)[C@@H]1CCS(=O)(=O)C1. The summed E-state index contributed by atoms with van der Waals surface area (Å²) in [6.07, 6.45) is 0.372. The number of urea groups is 1. The Morgan fingerprint density at radius 1 is 1.36 bits per heavy atom. The Bertz CT molecular complexity index is 935. The molecule has 8 nitrogen and oxygen atoms in total. The molecule has 10 heteroatoms. The van der Waals surface area contributed by atoms with E-state index in [-0.39, 0.29) is 11.5 Å². The Balaban J connectivity index is 1.79. The standard InChI is InChI=1S/C18H22BrN3O5S/c1-3-21(12-8-9-28(26,27)11-12)15(23)10-22-16(24)18(2,20-17(22)25)13-6-4-5-7-14(13)19/h4-7,12H,3,8-11H2,1-2H3,(H,20,25)/t12-,18+/m1/s1. The maximum Gasteiger partial charge on any atom is 0.325 e. The molecule has 0 spiro atoms. The van der Waals surface area contributed by atoms with Crippen LogP contribution in [0.3, 0.4) is 0 Å². The molecule has 2 atom stereocenters. The van der Waals surface area contributed by atoms with E-state index < -0.39 is 45.8 Å². The average molecular weight is 472 g/mol. The van der Waals surface area contributed by atoms with E-state index in [2.05, 4.69) is 21.2 Å². The van der Waals surface area contributed by atoms with Crippen molar-refractivity contribution in [1.82, 2.24) is 15.1 Å². The molecule has 1 aromatic carbocycles. The largest absolute Gasteiger partial charge is 0.337 e. The Morgan fingerprint density at radius 2 is 2.04 bits per heavy atom. The topological polar surface area (TPSA) is 104 Å². The summed E-state index contributed by atoms with van der Waals surface area (Å²) in [5.41, 5.74) is -0.692. The minimum Gasteiger partial charge on any atom is -0.337 e. The number of carbonyl (C=O) groups excluding carboxylic acids is 3. The molecule has 0 saturated carbocycles. The van der Waals surface area contributed by atoms with Gasteiger partial charge in [-0.3, -0.25) is 14.5 Å². The van der Waals surface area contributed by atoms with Gasteiger partial charge in [0.15, 0.2) is 9.84 Å². The summed E-state index contributed by atoms with van der Waals surface area (Å²) in [7, 11) is -3.15. The molecular weight excluding hydrogens is 450 g/mol. The van der Waals surface area contributed by atoms with Crippen molar-refractivity contribution in [2.45, 2.75) is 31.8 Å². The molecule has 0 aromatic heterocycles. The lowest BCUT2D eigenvalue weighted by atomic mass is 9.92. The van der Waals surface area contributed by atoms with Gasteiger partial charge in [0, 0.05) is 22.6 Å². The predicted molar refractivity (Wildman–Crippen MR) is 106 cm³/mol. The Hall–Kier alpha value is -1.94.